The van der Waals surface area contributed by atoms with E-state index >= 15 is 0 Å². The van der Waals surface area contributed by atoms with Gasteiger partial charge in [-0.25, -0.2) is 0 Å². The molecule has 1 atom stereocenters. The van der Waals surface area contributed by atoms with Crippen LogP contribution in [-0.2, 0) is 11.3 Å². The summed E-state index contributed by atoms with van der Waals surface area (Å²) in [6.07, 6.45) is 0.556. The number of nitro benzene ring substituents is 1. The molecule has 1 aromatic carbocycles. The SMILES string of the molecule is CCC(N)C(=O)NCc1cccc([N+](=O)[O-])c1. The number of nitrogens with two attached hydrogens (primary N) is 1. The molecule has 1 rings (SSSR count). The van der Waals surface area contributed by atoms with Crippen molar-refractivity contribution in [1.29, 1.82) is 0 Å². The van der Waals surface area contributed by atoms with E-state index in [1.165, 1.54) is 12.1 Å². The van der Waals surface area contributed by atoms with Crippen molar-refractivity contribution >= 4 is 11.6 Å². The second-order valence-corrected chi connectivity index (χ2v) is 3.66. The number of carbonyl (C=O) groups is 1. The van der Waals surface area contributed by atoms with Crippen molar-refractivity contribution in [1.82, 2.24) is 5.32 Å². The van der Waals surface area contributed by atoms with Crippen LogP contribution in [0.25, 0.3) is 0 Å². The third-order valence-electron chi connectivity index (χ3n) is 2.36. The lowest BCUT2D eigenvalue weighted by Crippen LogP contribution is -2.39. The first kappa shape index (κ1) is 13.1. The number of nitrogens with one attached hydrogen (secondary N) is 1. The van der Waals surface area contributed by atoms with Crippen molar-refractivity contribution in [2.45, 2.75) is 25.9 Å². The molecule has 0 saturated carbocycles. The molecular weight excluding hydrogens is 222 g/mol. The molecule has 0 radical (unpaired) electrons. The molecule has 0 spiro atoms. The molecule has 0 fully saturated rings. The van der Waals surface area contributed by atoms with E-state index in [0.29, 0.717) is 12.0 Å². The molecule has 92 valence electrons. The lowest BCUT2D eigenvalue weighted by molar-refractivity contribution is -0.384. The Morgan fingerprint density at radius 2 is 2.29 bits per heavy atom. The minimum Gasteiger partial charge on any atom is -0.351 e. The maximum absolute atomic E-state index is 11.4. The highest BCUT2D eigenvalue weighted by molar-refractivity contribution is 5.81. The first-order valence-corrected chi connectivity index (χ1v) is 5.31. The number of rotatable bonds is 5. The Morgan fingerprint density at radius 3 is 2.88 bits per heavy atom. The topological polar surface area (TPSA) is 98.3 Å². The number of amides is 1. The highest BCUT2D eigenvalue weighted by atomic mass is 16.6. The highest BCUT2D eigenvalue weighted by Crippen LogP contribution is 2.12. The molecule has 0 heterocycles. The summed E-state index contributed by atoms with van der Waals surface area (Å²) in [5, 5.41) is 13.2. The standard InChI is InChI=1S/C11H15N3O3/c1-2-10(12)11(15)13-7-8-4-3-5-9(6-8)14(16)17/h3-6,10H,2,7,12H2,1H3,(H,13,15). The summed E-state index contributed by atoms with van der Waals surface area (Å²) in [5.74, 6) is -0.251. The van der Waals surface area contributed by atoms with Gasteiger partial charge in [0.25, 0.3) is 5.69 Å². The van der Waals surface area contributed by atoms with E-state index in [1.807, 2.05) is 6.92 Å². The zero-order valence-corrected chi connectivity index (χ0v) is 9.55. The van der Waals surface area contributed by atoms with Gasteiger partial charge in [0.2, 0.25) is 5.91 Å². The normalized spacial score (nSPS) is 11.9. The summed E-state index contributed by atoms with van der Waals surface area (Å²) in [6, 6.07) is 5.60. The maximum atomic E-state index is 11.4. The van der Waals surface area contributed by atoms with E-state index < -0.39 is 11.0 Å². The number of non-ortho nitro benzene ring substituents is 1. The van der Waals surface area contributed by atoms with Crippen LogP contribution in [0.1, 0.15) is 18.9 Å². The third-order valence-corrected chi connectivity index (χ3v) is 2.36. The van der Waals surface area contributed by atoms with Crippen molar-refractivity contribution in [2.75, 3.05) is 0 Å². The summed E-state index contributed by atoms with van der Waals surface area (Å²) in [5.41, 5.74) is 6.23. The lowest BCUT2D eigenvalue weighted by atomic mass is 10.2. The van der Waals surface area contributed by atoms with Gasteiger partial charge in [0.15, 0.2) is 0 Å². The van der Waals surface area contributed by atoms with Crippen LogP contribution in [0.15, 0.2) is 24.3 Å². The third kappa shape index (κ3) is 3.84. The van der Waals surface area contributed by atoms with Gasteiger partial charge in [-0.2, -0.15) is 0 Å². The second kappa shape index (κ2) is 5.95. The molecule has 1 amide bonds. The fourth-order valence-electron chi connectivity index (χ4n) is 1.29. The van der Waals surface area contributed by atoms with Gasteiger partial charge in [-0.1, -0.05) is 19.1 Å². The predicted octanol–water partition coefficient (Wildman–Crippen LogP) is 0.948. The molecule has 0 aromatic heterocycles. The molecule has 0 bridgehead atoms. The maximum Gasteiger partial charge on any atom is 0.269 e. The van der Waals surface area contributed by atoms with E-state index in [9.17, 15) is 14.9 Å². The zero-order chi connectivity index (χ0) is 12.8. The summed E-state index contributed by atoms with van der Waals surface area (Å²) >= 11 is 0. The van der Waals surface area contributed by atoms with Crippen LogP contribution >= 0.6 is 0 Å². The predicted molar refractivity (Wildman–Crippen MR) is 63.2 cm³/mol. The molecule has 1 unspecified atom stereocenters. The van der Waals surface area contributed by atoms with Gasteiger partial charge in [-0.05, 0) is 12.0 Å². The number of benzene rings is 1. The molecular formula is C11H15N3O3. The van der Waals surface area contributed by atoms with Crippen molar-refractivity contribution in [3.05, 3.63) is 39.9 Å². The average molecular weight is 237 g/mol. The number of carbonyl (C=O) groups excluding carboxylic acids is 1. The molecule has 6 nitrogen and oxygen atoms in total. The van der Waals surface area contributed by atoms with Gasteiger partial charge >= 0.3 is 0 Å². The number of hydrogen-bond acceptors (Lipinski definition) is 4. The summed E-state index contributed by atoms with van der Waals surface area (Å²) in [7, 11) is 0. The summed E-state index contributed by atoms with van der Waals surface area (Å²) in [6.45, 7) is 2.06. The molecule has 0 saturated heterocycles. The smallest absolute Gasteiger partial charge is 0.269 e. The Labute approximate surface area is 99.0 Å². The van der Waals surface area contributed by atoms with Crippen LogP contribution in [0.5, 0.6) is 0 Å². The number of nitrogens with zero attached hydrogens (tertiary/aromatic N) is 1. The minimum atomic E-state index is -0.534. The summed E-state index contributed by atoms with van der Waals surface area (Å²) in [4.78, 5) is 21.5. The molecule has 17 heavy (non-hydrogen) atoms. The molecule has 0 aliphatic carbocycles. The van der Waals surface area contributed by atoms with Gasteiger partial charge in [0, 0.05) is 18.7 Å². The molecule has 1 aromatic rings. The Morgan fingerprint density at radius 1 is 1.59 bits per heavy atom. The average Bonchev–Trinajstić information content (AvgIpc) is 2.35. The van der Waals surface area contributed by atoms with Crippen LogP contribution in [0.3, 0.4) is 0 Å². The van der Waals surface area contributed by atoms with E-state index in [1.54, 1.807) is 12.1 Å². The highest BCUT2D eigenvalue weighted by Gasteiger charge is 2.11. The van der Waals surface area contributed by atoms with Crippen molar-refractivity contribution in [3.8, 4) is 0 Å². The number of nitro groups is 1. The quantitative estimate of drug-likeness (QED) is 0.588. The van der Waals surface area contributed by atoms with Crippen LogP contribution in [-0.4, -0.2) is 16.9 Å². The fraction of sp³-hybridized carbons (Fsp3) is 0.364. The van der Waals surface area contributed by atoms with Crippen molar-refractivity contribution in [3.63, 3.8) is 0 Å². The van der Waals surface area contributed by atoms with Crippen LogP contribution in [0.2, 0.25) is 0 Å². The Hall–Kier alpha value is -1.95. The van der Waals surface area contributed by atoms with E-state index in [0.717, 1.165) is 0 Å². The first-order chi connectivity index (χ1) is 8.04. The molecule has 3 N–H and O–H groups in total. The minimum absolute atomic E-state index is 0.0107. The first-order valence-electron chi connectivity index (χ1n) is 5.31. The van der Waals surface area contributed by atoms with Crippen molar-refractivity contribution < 1.29 is 9.72 Å². The van der Waals surface area contributed by atoms with Gasteiger partial charge in [0.1, 0.15) is 0 Å². The van der Waals surface area contributed by atoms with E-state index in [4.69, 9.17) is 5.73 Å². The monoisotopic (exact) mass is 237 g/mol. The second-order valence-electron chi connectivity index (χ2n) is 3.66. The molecule has 6 heteroatoms. The van der Waals surface area contributed by atoms with Gasteiger partial charge < -0.3 is 11.1 Å². The largest absolute Gasteiger partial charge is 0.351 e. The van der Waals surface area contributed by atoms with Gasteiger partial charge in [0.05, 0.1) is 11.0 Å². The number of hydrogen-bond donors (Lipinski definition) is 2. The zero-order valence-electron chi connectivity index (χ0n) is 9.55. The van der Waals surface area contributed by atoms with Gasteiger partial charge in [-0.3, -0.25) is 14.9 Å². The van der Waals surface area contributed by atoms with Crippen LogP contribution in [0, 0.1) is 10.1 Å². The Balaban J connectivity index is 2.60. The van der Waals surface area contributed by atoms with E-state index in [2.05, 4.69) is 5.32 Å². The molecule has 0 aliphatic rings. The molecule has 0 aliphatic heterocycles. The fourth-order valence-corrected chi connectivity index (χ4v) is 1.29. The lowest BCUT2D eigenvalue weighted by Gasteiger charge is -2.09. The summed E-state index contributed by atoms with van der Waals surface area (Å²) < 4.78 is 0. The van der Waals surface area contributed by atoms with Crippen molar-refractivity contribution in [2.24, 2.45) is 5.73 Å². The van der Waals surface area contributed by atoms with Crippen LogP contribution < -0.4 is 11.1 Å². The Bertz CT molecular complexity index is 420. The van der Waals surface area contributed by atoms with E-state index in [-0.39, 0.29) is 18.1 Å². The Kier molecular flexibility index (Phi) is 4.59. The van der Waals surface area contributed by atoms with Gasteiger partial charge in [-0.15, -0.1) is 0 Å². The van der Waals surface area contributed by atoms with Crippen LogP contribution in [0.4, 0.5) is 5.69 Å².